The summed E-state index contributed by atoms with van der Waals surface area (Å²) in [6.07, 6.45) is 0.626. The van der Waals surface area contributed by atoms with E-state index >= 15 is 0 Å². The van der Waals surface area contributed by atoms with Gasteiger partial charge < -0.3 is 0 Å². The number of rotatable bonds is 6. The van der Waals surface area contributed by atoms with Crippen LogP contribution in [0.4, 0.5) is 5.13 Å². The van der Waals surface area contributed by atoms with Crippen molar-refractivity contribution in [1.82, 2.24) is 20.0 Å². The third kappa shape index (κ3) is 5.03. The van der Waals surface area contributed by atoms with Gasteiger partial charge in [0, 0.05) is 21.8 Å². The summed E-state index contributed by atoms with van der Waals surface area (Å²) < 4.78 is 26.0. The highest BCUT2D eigenvalue weighted by molar-refractivity contribution is 9.10. The predicted octanol–water partition coefficient (Wildman–Crippen LogP) is 5.46. The first-order chi connectivity index (χ1) is 18.8. The van der Waals surface area contributed by atoms with Crippen LogP contribution >= 0.6 is 27.3 Å². The molecule has 1 unspecified atom stereocenters. The first-order valence-electron chi connectivity index (χ1n) is 12.0. The van der Waals surface area contributed by atoms with E-state index in [4.69, 9.17) is 15.2 Å². The number of nitrogens with two attached hydrogens (primary N) is 1. The number of primary sulfonamides is 1. The highest BCUT2D eigenvalue weighted by atomic mass is 79.9. The molecule has 0 fully saturated rings. The summed E-state index contributed by atoms with van der Waals surface area (Å²) in [6.45, 7) is 1.92. The number of anilines is 1. The average Bonchev–Trinajstić information content (AvgIpc) is 3.67. The predicted molar refractivity (Wildman–Crippen MR) is 156 cm³/mol. The molecule has 3 aromatic carbocycles. The van der Waals surface area contributed by atoms with Gasteiger partial charge in [-0.05, 0) is 48.9 Å². The molecule has 3 heterocycles. The molecule has 0 saturated heterocycles. The van der Waals surface area contributed by atoms with Crippen LogP contribution in [0.3, 0.4) is 0 Å². The van der Waals surface area contributed by atoms with Gasteiger partial charge in [-0.25, -0.2) is 28.2 Å². The zero-order valence-corrected chi connectivity index (χ0v) is 23.9. The van der Waals surface area contributed by atoms with E-state index in [2.05, 4.69) is 38.4 Å². The van der Waals surface area contributed by atoms with Crippen LogP contribution < -0.4 is 10.1 Å². The van der Waals surface area contributed by atoms with Gasteiger partial charge in [-0.2, -0.15) is 5.10 Å². The zero-order valence-electron chi connectivity index (χ0n) is 20.6. The van der Waals surface area contributed by atoms with E-state index in [1.807, 2.05) is 59.8 Å². The summed E-state index contributed by atoms with van der Waals surface area (Å²) >= 11 is 5.03. The Kier molecular flexibility index (Phi) is 6.63. The Labute approximate surface area is 237 Å². The molecular formula is C27H22BrN7O2S2. The molecule has 0 bridgehead atoms. The molecular weight excluding hydrogens is 598 g/mol. The van der Waals surface area contributed by atoms with Crippen molar-refractivity contribution >= 4 is 48.1 Å². The molecule has 1 aliphatic heterocycles. The Morgan fingerprint density at radius 1 is 1.00 bits per heavy atom. The monoisotopic (exact) mass is 619 g/mol. The number of thiazole rings is 1. The summed E-state index contributed by atoms with van der Waals surface area (Å²) in [5.74, 6) is 0. The molecule has 12 heteroatoms. The molecule has 0 spiro atoms. The number of hydrogen-bond acceptors (Lipinski definition) is 8. The minimum Gasteiger partial charge on any atom is -0.231 e. The highest BCUT2D eigenvalue weighted by Gasteiger charge is 2.34. The SMILES string of the molecule is Cc1c(C2=NN(c3nc(-c4ccc(Br)cc4)cs3)C(c3ccccc3)C2)nnn1-c1ccc(S(N)(=O)=O)cc1. The maximum absolute atomic E-state index is 11.6. The molecule has 2 aromatic heterocycles. The quantitative estimate of drug-likeness (QED) is 0.269. The molecule has 39 heavy (non-hydrogen) atoms. The fraction of sp³-hybridized carbons (Fsp3) is 0.111. The van der Waals surface area contributed by atoms with Gasteiger partial charge in [0.2, 0.25) is 15.2 Å². The number of benzene rings is 3. The van der Waals surface area contributed by atoms with E-state index in [1.165, 1.54) is 12.1 Å². The second-order valence-corrected chi connectivity index (χ2v) is 12.3. The lowest BCUT2D eigenvalue weighted by molar-refractivity contribution is 0.597. The molecule has 0 saturated carbocycles. The molecule has 2 N–H and O–H groups in total. The highest BCUT2D eigenvalue weighted by Crippen LogP contribution is 2.39. The van der Waals surface area contributed by atoms with E-state index in [0.717, 1.165) is 37.8 Å². The van der Waals surface area contributed by atoms with Crippen molar-refractivity contribution in [2.24, 2.45) is 10.2 Å². The summed E-state index contributed by atoms with van der Waals surface area (Å²) in [4.78, 5) is 4.96. The Morgan fingerprint density at radius 2 is 1.72 bits per heavy atom. The first-order valence-corrected chi connectivity index (χ1v) is 15.2. The molecule has 5 aromatic rings. The van der Waals surface area contributed by atoms with E-state index in [1.54, 1.807) is 28.2 Å². The Bertz CT molecular complexity index is 1780. The second kappa shape index (κ2) is 10.1. The van der Waals surface area contributed by atoms with Gasteiger partial charge in [-0.15, -0.1) is 16.4 Å². The van der Waals surface area contributed by atoms with Crippen LogP contribution in [0.2, 0.25) is 0 Å². The van der Waals surface area contributed by atoms with Crippen molar-refractivity contribution in [2.45, 2.75) is 24.3 Å². The topological polar surface area (TPSA) is 119 Å². The molecule has 0 aliphatic carbocycles. The van der Waals surface area contributed by atoms with Gasteiger partial charge in [0.25, 0.3) is 0 Å². The molecule has 1 aliphatic rings. The van der Waals surface area contributed by atoms with E-state index in [0.29, 0.717) is 17.8 Å². The number of nitrogens with zero attached hydrogens (tertiary/aromatic N) is 6. The van der Waals surface area contributed by atoms with Crippen LogP contribution in [0, 0.1) is 6.92 Å². The standard InChI is InChI=1S/C27H22BrN7O2S2/c1-17-26(31-33-34(17)21-11-13-22(14-12-21)39(29,36)37)23-15-25(19-5-3-2-4-6-19)35(32-23)27-30-24(16-38-27)18-7-9-20(28)10-8-18/h2-14,16,25H,15H2,1H3,(H2,29,36,37). The van der Waals surface area contributed by atoms with Crippen LogP contribution in [-0.4, -0.2) is 34.1 Å². The molecule has 6 rings (SSSR count). The van der Waals surface area contributed by atoms with Crippen molar-refractivity contribution in [1.29, 1.82) is 0 Å². The minimum atomic E-state index is -3.78. The van der Waals surface area contributed by atoms with Gasteiger partial charge in [0.1, 0.15) is 5.69 Å². The van der Waals surface area contributed by atoms with E-state index < -0.39 is 10.0 Å². The lowest BCUT2D eigenvalue weighted by atomic mass is 10.0. The summed E-state index contributed by atoms with van der Waals surface area (Å²) in [5.41, 5.74) is 6.00. The normalized spacial score (nSPS) is 15.5. The number of hydrogen-bond donors (Lipinski definition) is 1. The fourth-order valence-electron chi connectivity index (χ4n) is 4.51. The summed E-state index contributed by atoms with van der Waals surface area (Å²) in [5, 5.41) is 23.8. The van der Waals surface area contributed by atoms with E-state index in [9.17, 15) is 8.42 Å². The molecule has 0 radical (unpaired) electrons. The molecule has 196 valence electrons. The maximum Gasteiger partial charge on any atom is 0.238 e. The van der Waals surface area contributed by atoms with Crippen LogP contribution in [0.25, 0.3) is 16.9 Å². The van der Waals surface area contributed by atoms with Crippen LogP contribution in [0.1, 0.15) is 29.4 Å². The van der Waals surface area contributed by atoms with Crippen LogP contribution in [0.15, 0.2) is 98.7 Å². The number of sulfonamides is 1. The van der Waals surface area contributed by atoms with Gasteiger partial charge in [0.05, 0.1) is 33.7 Å². The van der Waals surface area contributed by atoms with E-state index in [-0.39, 0.29) is 10.9 Å². The van der Waals surface area contributed by atoms with Crippen molar-refractivity contribution in [3.8, 4) is 16.9 Å². The summed E-state index contributed by atoms with van der Waals surface area (Å²) in [7, 11) is -3.78. The fourth-order valence-corrected chi connectivity index (χ4v) is 6.12. The van der Waals surface area contributed by atoms with Gasteiger partial charge >= 0.3 is 0 Å². The van der Waals surface area contributed by atoms with Crippen molar-refractivity contribution in [2.75, 3.05) is 5.01 Å². The Balaban J connectivity index is 1.36. The van der Waals surface area contributed by atoms with Crippen molar-refractivity contribution in [3.63, 3.8) is 0 Å². The Morgan fingerprint density at radius 3 is 2.41 bits per heavy atom. The van der Waals surface area contributed by atoms with Crippen LogP contribution in [-0.2, 0) is 10.0 Å². The van der Waals surface area contributed by atoms with Crippen molar-refractivity contribution in [3.05, 3.63) is 106 Å². The lowest BCUT2D eigenvalue weighted by Gasteiger charge is -2.21. The van der Waals surface area contributed by atoms with Crippen molar-refractivity contribution < 1.29 is 8.42 Å². The Hall–Kier alpha value is -3.71. The minimum absolute atomic E-state index is 0.0386. The third-order valence-electron chi connectivity index (χ3n) is 6.50. The number of halogens is 1. The average molecular weight is 621 g/mol. The molecule has 9 nitrogen and oxygen atoms in total. The van der Waals surface area contributed by atoms with Gasteiger partial charge in [0.15, 0.2) is 0 Å². The number of hydrazone groups is 1. The summed E-state index contributed by atoms with van der Waals surface area (Å²) in [6, 6.07) is 24.5. The zero-order chi connectivity index (χ0) is 27.1. The molecule has 1 atom stereocenters. The van der Waals surface area contributed by atoms with Gasteiger partial charge in [-0.1, -0.05) is 63.6 Å². The van der Waals surface area contributed by atoms with Gasteiger partial charge in [-0.3, -0.25) is 0 Å². The molecule has 0 amide bonds. The smallest absolute Gasteiger partial charge is 0.231 e. The lowest BCUT2D eigenvalue weighted by Crippen LogP contribution is -2.18. The van der Waals surface area contributed by atoms with Crippen LogP contribution in [0.5, 0.6) is 0 Å². The first kappa shape index (κ1) is 25.6. The maximum atomic E-state index is 11.6. The third-order valence-corrected chi connectivity index (χ3v) is 8.79. The second-order valence-electron chi connectivity index (χ2n) is 9.02. The number of aromatic nitrogens is 4. The largest absolute Gasteiger partial charge is 0.238 e.